The van der Waals surface area contributed by atoms with E-state index in [2.05, 4.69) is 48.2 Å². The second kappa shape index (κ2) is 13.6. The fourth-order valence-electron chi connectivity index (χ4n) is 5.41. The van der Waals surface area contributed by atoms with E-state index in [1.54, 1.807) is 18.3 Å². The Hall–Kier alpha value is -3.11. The van der Waals surface area contributed by atoms with Crippen molar-refractivity contribution in [2.24, 2.45) is 11.8 Å². The summed E-state index contributed by atoms with van der Waals surface area (Å²) in [7, 11) is 0. The van der Waals surface area contributed by atoms with E-state index in [0.29, 0.717) is 28.1 Å². The van der Waals surface area contributed by atoms with Gasteiger partial charge in [-0.05, 0) is 60.9 Å². The van der Waals surface area contributed by atoms with Crippen molar-refractivity contribution in [3.8, 4) is 0 Å². The zero-order valence-electron chi connectivity index (χ0n) is 22.7. The number of para-hydroxylation sites is 1. The molecule has 0 spiro atoms. The minimum Gasteiger partial charge on any atom is -0.340 e. The molecule has 0 radical (unpaired) electrons. The van der Waals surface area contributed by atoms with Crippen LogP contribution in [0, 0.1) is 11.8 Å². The molecule has 1 fully saturated rings. The SMILES string of the molecule is C=C(Nc1ccc(Cl)cn1)c1ccccc1NC(=O)C1=C(CCCC2CCCCC2)CC=C(C(C)C)C=C1. The lowest BCUT2D eigenvalue weighted by Gasteiger charge is -2.21. The molecule has 1 saturated carbocycles. The van der Waals surface area contributed by atoms with Gasteiger partial charge < -0.3 is 10.6 Å². The maximum atomic E-state index is 13.7. The normalized spacial score (nSPS) is 16.3. The number of allylic oxidation sites excluding steroid dienone is 4. The zero-order chi connectivity index (χ0) is 26.9. The Balaban J connectivity index is 1.51. The highest BCUT2D eigenvalue weighted by Crippen LogP contribution is 2.32. The van der Waals surface area contributed by atoms with Gasteiger partial charge in [-0.3, -0.25) is 4.79 Å². The molecule has 0 atom stereocenters. The first kappa shape index (κ1) is 27.9. The molecule has 0 saturated heterocycles. The quantitative estimate of drug-likeness (QED) is 0.322. The van der Waals surface area contributed by atoms with Crippen LogP contribution in [0.2, 0.25) is 5.02 Å². The number of benzene rings is 1. The molecule has 1 heterocycles. The van der Waals surface area contributed by atoms with Crippen LogP contribution in [-0.2, 0) is 4.79 Å². The van der Waals surface area contributed by atoms with Gasteiger partial charge in [0.1, 0.15) is 5.82 Å². The largest absolute Gasteiger partial charge is 0.340 e. The maximum absolute atomic E-state index is 13.7. The number of halogens is 1. The molecular formula is C33H40ClN3O. The van der Waals surface area contributed by atoms with Gasteiger partial charge in [0.25, 0.3) is 5.91 Å². The van der Waals surface area contributed by atoms with Crippen molar-refractivity contribution >= 4 is 34.7 Å². The molecule has 4 nitrogen and oxygen atoms in total. The summed E-state index contributed by atoms with van der Waals surface area (Å²) in [6.45, 7) is 8.60. The van der Waals surface area contributed by atoms with Gasteiger partial charge in [0.15, 0.2) is 0 Å². The standard InChI is InChI=1S/C33H40ClN3O/c1-23(2)26-16-17-27(13-9-12-25-10-5-4-6-11-25)30(20-18-26)33(38)37-31-15-8-7-14-29(31)24(3)36-32-21-19-28(34)22-35-32/h7-8,14-16,18-23,25H,3-6,9-13,17H2,1-2H3,(H,35,36)(H,37,38). The van der Waals surface area contributed by atoms with E-state index in [4.69, 9.17) is 11.6 Å². The fourth-order valence-corrected chi connectivity index (χ4v) is 5.53. The molecule has 1 aromatic carbocycles. The van der Waals surface area contributed by atoms with Crippen LogP contribution < -0.4 is 10.6 Å². The topological polar surface area (TPSA) is 54.0 Å². The first-order chi connectivity index (χ1) is 18.4. The van der Waals surface area contributed by atoms with Crippen molar-refractivity contribution in [2.75, 3.05) is 10.6 Å². The summed E-state index contributed by atoms with van der Waals surface area (Å²) in [5.74, 6) is 1.85. The Morgan fingerprint density at radius 1 is 1.08 bits per heavy atom. The van der Waals surface area contributed by atoms with Crippen LogP contribution in [-0.4, -0.2) is 10.9 Å². The number of amides is 1. The predicted octanol–water partition coefficient (Wildman–Crippen LogP) is 9.35. The number of nitrogens with one attached hydrogen (secondary N) is 2. The number of carbonyl (C=O) groups excluding carboxylic acids is 1. The van der Waals surface area contributed by atoms with Crippen molar-refractivity contribution < 1.29 is 4.79 Å². The molecule has 1 aromatic heterocycles. The van der Waals surface area contributed by atoms with E-state index >= 15 is 0 Å². The smallest absolute Gasteiger partial charge is 0.255 e. The number of hydrogen-bond donors (Lipinski definition) is 2. The van der Waals surface area contributed by atoms with Gasteiger partial charge in [0, 0.05) is 23.0 Å². The number of carbonyl (C=O) groups is 1. The second-order valence-electron chi connectivity index (χ2n) is 10.8. The molecule has 5 heteroatoms. The van der Waals surface area contributed by atoms with Crippen LogP contribution in [0.4, 0.5) is 11.5 Å². The molecule has 38 heavy (non-hydrogen) atoms. The van der Waals surface area contributed by atoms with E-state index < -0.39 is 0 Å². The van der Waals surface area contributed by atoms with Crippen LogP contribution >= 0.6 is 11.6 Å². The summed E-state index contributed by atoms with van der Waals surface area (Å²) < 4.78 is 0. The second-order valence-corrected chi connectivity index (χ2v) is 11.2. The Morgan fingerprint density at radius 3 is 2.61 bits per heavy atom. The molecule has 200 valence electrons. The average molecular weight is 530 g/mol. The number of rotatable bonds is 10. The van der Waals surface area contributed by atoms with Crippen LogP contribution in [0.25, 0.3) is 5.70 Å². The van der Waals surface area contributed by atoms with Gasteiger partial charge in [-0.1, -0.05) is 106 Å². The van der Waals surface area contributed by atoms with Gasteiger partial charge in [0.05, 0.1) is 10.7 Å². The molecular weight excluding hydrogens is 490 g/mol. The van der Waals surface area contributed by atoms with Crippen LogP contribution in [0.1, 0.15) is 77.2 Å². The molecule has 4 rings (SSSR count). The first-order valence-electron chi connectivity index (χ1n) is 14.0. The third kappa shape index (κ3) is 7.70. The molecule has 1 amide bonds. The summed E-state index contributed by atoms with van der Waals surface area (Å²) in [5.41, 5.74) is 5.48. The lowest BCUT2D eigenvalue weighted by atomic mass is 9.85. The van der Waals surface area contributed by atoms with Crippen LogP contribution in [0.15, 0.2) is 84.1 Å². The maximum Gasteiger partial charge on any atom is 0.255 e. The van der Waals surface area contributed by atoms with Gasteiger partial charge in [-0.15, -0.1) is 0 Å². The third-order valence-corrected chi connectivity index (χ3v) is 7.86. The van der Waals surface area contributed by atoms with Crippen LogP contribution in [0.5, 0.6) is 0 Å². The minimum absolute atomic E-state index is 0.0720. The Bertz CT molecular complexity index is 1220. The minimum atomic E-state index is -0.0720. The Morgan fingerprint density at radius 2 is 1.87 bits per heavy atom. The third-order valence-electron chi connectivity index (χ3n) is 7.64. The molecule has 2 N–H and O–H groups in total. The molecule has 0 bridgehead atoms. The van der Waals surface area contributed by atoms with Crippen molar-refractivity contribution in [1.82, 2.24) is 4.98 Å². The molecule has 2 aliphatic carbocycles. The number of pyridine rings is 1. The highest BCUT2D eigenvalue weighted by atomic mass is 35.5. The van der Waals surface area contributed by atoms with Crippen molar-refractivity contribution in [3.05, 3.63) is 94.7 Å². The lowest BCUT2D eigenvalue weighted by molar-refractivity contribution is -0.112. The Labute approximate surface area is 233 Å². The summed E-state index contributed by atoms with van der Waals surface area (Å²) >= 11 is 5.97. The van der Waals surface area contributed by atoms with E-state index in [1.165, 1.54) is 49.7 Å². The van der Waals surface area contributed by atoms with Gasteiger partial charge >= 0.3 is 0 Å². The molecule has 2 aromatic rings. The van der Waals surface area contributed by atoms with E-state index in [1.807, 2.05) is 30.3 Å². The van der Waals surface area contributed by atoms with Gasteiger partial charge in [-0.2, -0.15) is 0 Å². The lowest BCUT2D eigenvalue weighted by Crippen LogP contribution is -2.17. The van der Waals surface area contributed by atoms with Gasteiger partial charge in [0.2, 0.25) is 0 Å². The highest BCUT2D eigenvalue weighted by molar-refractivity contribution is 6.30. The predicted molar refractivity (Wildman–Crippen MR) is 161 cm³/mol. The van der Waals surface area contributed by atoms with E-state index in [-0.39, 0.29) is 5.91 Å². The van der Waals surface area contributed by atoms with Crippen LogP contribution in [0.3, 0.4) is 0 Å². The summed E-state index contributed by atoms with van der Waals surface area (Å²) in [5, 5.41) is 6.98. The number of nitrogens with zero attached hydrogens (tertiary/aromatic N) is 1. The highest BCUT2D eigenvalue weighted by Gasteiger charge is 2.19. The Kier molecular flexibility index (Phi) is 10.0. The first-order valence-corrected chi connectivity index (χ1v) is 14.4. The van der Waals surface area contributed by atoms with Gasteiger partial charge in [-0.25, -0.2) is 4.98 Å². The molecule has 2 aliphatic rings. The number of anilines is 2. The van der Waals surface area contributed by atoms with E-state index in [0.717, 1.165) is 36.3 Å². The molecule has 0 unspecified atom stereocenters. The average Bonchev–Trinajstić information content (AvgIpc) is 3.14. The zero-order valence-corrected chi connectivity index (χ0v) is 23.5. The summed E-state index contributed by atoms with van der Waals surface area (Å²) in [4.78, 5) is 18.0. The number of aromatic nitrogens is 1. The number of hydrogen-bond acceptors (Lipinski definition) is 3. The van der Waals surface area contributed by atoms with E-state index in [9.17, 15) is 4.79 Å². The summed E-state index contributed by atoms with van der Waals surface area (Å²) in [6.07, 6.45) is 19.1. The van der Waals surface area contributed by atoms with Crippen molar-refractivity contribution in [1.29, 1.82) is 0 Å². The van der Waals surface area contributed by atoms with Crippen molar-refractivity contribution in [3.63, 3.8) is 0 Å². The molecule has 0 aliphatic heterocycles. The monoisotopic (exact) mass is 529 g/mol. The fraction of sp³-hybridized carbons (Fsp3) is 0.394. The summed E-state index contributed by atoms with van der Waals surface area (Å²) in [6, 6.07) is 11.3. The van der Waals surface area contributed by atoms with Crippen molar-refractivity contribution in [2.45, 2.75) is 71.6 Å².